The largest absolute Gasteiger partial charge is 0.506 e. The van der Waals surface area contributed by atoms with Gasteiger partial charge in [-0.25, -0.2) is 4.98 Å². The summed E-state index contributed by atoms with van der Waals surface area (Å²) in [6, 6.07) is 7.04. The van der Waals surface area contributed by atoms with E-state index in [1.165, 1.54) is 0 Å². The molecule has 124 valence electrons. The van der Waals surface area contributed by atoms with E-state index in [9.17, 15) is 5.11 Å². The molecule has 0 saturated carbocycles. The van der Waals surface area contributed by atoms with Crippen LogP contribution < -0.4 is 0 Å². The Morgan fingerprint density at radius 2 is 2.04 bits per heavy atom. The normalized spacial score (nSPS) is 11.8. The van der Waals surface area contributed by atoms with Crippen LogP contribution in [-0.4, -0.2) is 25.3 Å². The molecule has 0 aliphatic carbocycles. The first-order chi connectivity index (χ1) is 12.0. The average Bonchev–Trinajstić information content (AvgIpc) is 3.01. The summed E-state index contributed by atoms with van der Waals surface area (Å²) in [7, 11) is 0. The molecule has 0 atom stereocenters. The maximum atomic E-state index is 9.80. The minimum atomic E-state index is 0.141. The summed E-state index contributed by atoms with van der Waals surface area (Å²) >= 11 is 3.54. The molecule has 0 unspecified atom stereocenters. The molecule has 8 heteroatoms. The van der Waals surface area contributed by atoms with Gasteiger partial charge >= 0.3 is 0 Å². The third-order valence-electron chi connectivity index (χ3n) is 3.96. The molecule has 25 heavy (non-hydrogen) atoms. The van der Waals surface area contributed by atoms with Gasteiger partial charge in [0, 0.05) is 9.86 Å². The molecule has 0 fully saturated rings. The van der Waals surface area contributed by atoms with Gasteiger partial charge in [0.15, 0.2) is 11.5 Å². The highest BCUT2D eigenvalue weighted by molar-refractivity contribution is 9.10. The number of aromatic hydroxyl groups is 1. The number of para-hydroxylation sites is 1. The van der Waals surface area contributed by atoms with Crippen LogP contribution in [0.2, 0.25) is 0 Å². The van der Waals surface area contributed by atoms with Crippen LogP contribution in [0, 0.1) is 13.8 Å². The molecule has 7 nitrogen and oxygen atoms in total. The molecule has 0 saturated heterocycles. The molecule has 3 heterocycles. The number of H-pyrrole nitrogens is 1. The number of aromatic nitrogens is 4. The maximum absolute atomic E-state index is 9.80. The van der Waals surface area contributed by atoms with Gasteiger partial charge in [0.05, 0.1) is 17.3 Å². The third kappa shape index (κ3) is 2.64. The highest BCUT2D eigenvalue weighted by Crippen LogP contribution is 2.33. The number of azo groups is 1. The van der Waals surface area contributed by atoms with Gasteiger partial charge in [-0.3, -0.25) is 10.1 Å². The first kappa shape index (κ1) is 15.6. The molecule has 0 spiro atoms. The Balaban J connectivity index is 1.77. The second-order valence-electron chi connectivity index (χ2n) is 5.65. The van der Waals surface area contributed by atoms with Crippen LogP contribution in [0.5, 0.6) is 5.75 Å². The van der Waals surface area contributed by atoms with E-state index in [0.29, 0.717) is 22.7 Å². The first-order valence-corrected chi connectivity index (χ1v) is 8.34. The zero-order chi connectivity index (χ0) is 17.6. The van der Waals surface area contributed by atoms with Crippen molar-refractivity contribution in [1.29, 1.82) is 0 Å². The number of phenolic OH excluding ortho intramolecular Hbond substituents is 1. The number of nitrogens with zero attached hydrogens (tertiary/aromatic N) is 5. The highest BCUT2D eigenvalue weighted by atomic mass is 79.9. The quantitative estimate of drug-likeness (QED) is 0.465. The Bertz CT molecular complexity index is 1150. The molecular formula is C17H13BrN6O. The van der Waals surface area contributed by atoms with E-state index in [4.69, 9.17) is 0 Å². The number of rotatable bonds is 2. The number of aryl methyl sites for hydroxylation is 2. The van der Waals surface area contributed by atoms with Gasteiger partial charge < -0.3 is 5.11 Å². The summed E-state index contributed by atoms with van der Waals surface area (Å²) in [6.07, 6.45) is 1.56. The second-order valence-corrected chi connectivity index (χ2v) is 6.44. The van der Waals surface area contributed by atoms with Crippen LogP contribution in [-0.2, 0) is 0 Å². The SMILES string of the molecule is Cc1nc2n[nH]c(N=Nc3cnc4c(O)cccc4c3)c2c(C)c1Br. The molecule has 3 aromatic heterocycles. The van der Waals surface area contributed by atoms with Crippen molar-refractivity contribution in [3.05, 3.63) is 46.2 Å². The monoisotopic (exact) mass is 396 g/mol. The van der Waals surface area contributed by atoms with Crippen molar-refractivity contribution in [1.82, 2.24) is 20.2 Å². The zero-order valence-corrected chi connectivity index (χ0v) is 15.0. The summed E-state index contributed by atoms with van der Waals surface area (Å²) < 4.78 is 0.931. The average molecular weight is 397 g/mol. The van der Waals surface area contributed by atoms with E-state index in [0.717, 1.165) is 26.5 Å². The fraction of sp³-hybridized carbons (Fsp3) is 0.118. The predicted octanol–water partition coefficient (Wildman–Crippen LogP) is 5.01. The lowest BCUT2D eigenvalue weighted by molar-refractivity contribution is 0.480. The molecule has 0 bridgehead atoms. The Labute approximate surface area is 151 Å². The van der Waals surface area contributed by atoms with Gasteiger partial charge in [-0.1, -0.05) is 12.1 Å². The van der Waals surface area contributed by atoms with Crippen LogP contribution in [0.4, 0.5) is 11.5 Å². The smallest absolute Gasteiger partial charge is 0.183 e. The molecule has 4 aromatic rings. The summed E-state index contributed by atoms with van der Waals surface area (Å²) in [5, 5.41) is 27.0. The van der Waals surface area contributed by atoms with Crippen LogP contribution in [0.1, 0.15) is 11.3 Å². The predicted molar refractivity (Wildman–Crippen MR) is 98.6 cm³/mol. The van der Waals surface area contributed by atoms with Crippen LogP contribution in [0.15, 0.2) is 45.2 Å². The van der Waals surface area contributed by atoms with Crippen LogP contribution in [0.3, 0.4) is 0 Å². The molecule has 2 N–H and O–H groups in total. The molecule has 0 aliphatic rings. The van der Waals surface area contributed by atoms with E-state index in [2.05, 4.69) is 46.3 Å². The molecule has 4 rings (SSSR count). The summed E-state index contributed by atoms with van der Waals surface area (Å²) in [4.78, 5) is 8.67. The minimum Gasteiger partial charge on any atom is -0.506 e. The van der Waals surface area contributed by atoms with Crippen molar-refractivity contribution < 1.29 is 5.11 Å². The standard InChI is InChI=1S/C17H13BrN6O/c1-8-13-16(20-9(2)14(8)18)22-24-17(13)23-21-11-6-10-4-3-5-12(25)15(10)19-7-11/h3-7,25H,1-2H3,(H,20,22,24). The second kappa shape index (κ2) is 5.89. The van der Waals surface area contributed by atoms with Gasteiger partial charge in [-0.2, -0.15) is 5.10 Å². The summed E-state index contributed by atoms with van der Waals surface area (Å²) in [5.74, 6) is 0.680. The number of halogens is 1. The van der Waals surface area contributed by atoms with E-state index >= 15 is 0 Å². The molecule has 0 amide bonds. The zero-order valence-electron chi connectivity index (χ0n) is 13.4. The Morgan fingerprint density at radius 1 is 1.20 bits per heavy atom. The number of aromatic amines is 1. The third-order valence-corrected chi connectivity index (χ3v) is 5.13. The minimum absolute atomic E-state index is 0.141. The van der Waals surface area contributed by atoms with Crippen LogP contribution in [0.25, 0.3) is 21.9 Å². The lowest BCUT2D eigenvalue weighted by Crippen LogP contribution is -1.88. The summed E-state index contributed by atoms with van der Waals surface area (Å²) in [5.41, 5.74) is 3.60. The molecular weight excluding hydrogens is 384 g/mol. The molecule has 1 aromatic carbocycles. The number of benzene rings is 1. The van der Waals surface area contributed by atoms with Gasteiger partial charge in [0.25, 0.3) is 0 Å². The van der Waals surface area contributed by atoms with Gasteiger partial charge in [0.1, 0.15) is 17.0 Å². The van der Waals surface area contributed by atoms with Crippen molar-refractivity contribution in [2.45, 2.75) is 13.8 Å². The lowest BCUT2D eigenvalue weighted by atomic mass is 10.2. The first-order valence-electron chi connectivity index (χ1n) is 7.55. The van der Waals surface area contributed by atoms with E-state index in [1.807, 2.05) is 26.0 Å². The fourth-order valence-corrected chi connectivity index (χ4v) is 2.99. The van der Waals surface area contributed by atoms with Crippen molar-refractivity contribution in [3.63, 3.8) is 0 Å². The number of fused-ring (bicyclic) bond motifs is 2. The van der Waals surface area contributed by atoms with E-state index < -0.39 is 0 Å². The Kier molecular flexibility index (Phi) is 3.69. The van der Waals surface area contributed by atoms with E-state index in [1.54, 1.807) is 18.3 Å². The van der Waals surface area contributed by atoms with Gasteiger partial charge in [-0.15, -0.1) is 10.2 Å². The number of phenols is 1. The highest BCUT2D eigenvalue weighted by Gasteiger charge is 2.14. The topological polar surface area (TPSA) is 99.4 Å². The van der Waals surface area contributed by atoms with Gasteiger partial charge in [-0.05, 0) is 47.5 Å². The number of nitrogens with one attached hydrogen (secondary N) is 1. The van der Waals surface area contributed by atoms with Crippen molar-refractivity contribution in [2.24, 2.45) is 10.2 Å². The fourth-order valence-electron chi connectivity index (χ4n) is 2.71. The van der Waals surface area contributed by atoms with Crippen molar-refractivity contribution in [3.8, 4) is 5.75 Å². The van der Waals surface area contributed by atoms with Crippen molar-refractivity contribution in [2.75, 3.05) is 0 Å². The Morgan fingerprint density at radius 3 is 2.88 bits per heavy atom. The van der Waals surface area contributed by atoms with E-state index in [-0.39, 0.29) is 5.75 Å². The summed E-state index contributed by atoms with van der Waals surface area (Å²) in [6.45, 7) is 3.90. The molecule has 0 aliphatic heterocycles. The lowest BCUT2D eigenvalue weighted by Gasteiger charge is -2.03. The molecule has 0 radical (unpaired) electrons. The number of hydrogen-bond acceptors (Lipinski definition) is 6. The maximum Gasteiger partial charge on any atom is 0.183 e. The Hall–Kier alpha value is -2.87. The van der Waals surface area contributed by atoms with Crippen LogP contribution >= 0.6 is 15.9 Å². The number of hydrogen-bond donors (Lipinski definition) is 2. The van der Waals surface area contributed by atoms with Crippen molar-refractivity contribution >= 4 is 49.4 Å². The van der Waals surface area contributed by atoms with Gasteiger partial charge in [0.2, 0.25) is 0 Å². The number of pyridine rings is 2.